The second kappa shape index (κ2) is 9.30. The lowest BCUT2D eigenvalue weighted by Gasteiger charge is -2.11. The Balaban J connectivity index is 1.88. The molecule has 0 fully saturated rings. The quantitative estimate of drug-likeness (QED) is 0.574. The van der Waals surface area contributed by atoms with Gasteiger partial charge < -0.3 is 9.47 Å². The van der Waals surface area contributed by atoms with Crippen LogP contribution in [0, 0.1) is 0 Å². The standard InChI is InChI=1S/C18H18Cl2N2O3/c1-12(2)25-16-6-4-3-5-13(16)10-21-22-18(23)11-24-17-8-7-14(19)9-15(17)20/h3-10,12H,11H2,1-2H3,(H,22,23)/b21-10+. The van der Waals surface area contributed by atoms with Crippen LogP contribution in [-0.4, -0.2) is 24.8 Å². The molecule has 0 aromatic heterocycles. The van der Waals surface area contributed by atoms with Gasteiger partial charge in [-0.3, -0.25) is 4.79 Å². The molecule has 0 aliphatic rings. The van der Waals surface area contributed by atoms with E-state index >= 15 is 0 Å². The van der Waals surface area contributed by atoms with Gasteiger partial charge in [-0.2, -0.15) is 5.10 Å². The van der Waals surface area contributed by atoms with E-state index in [1.54, 1.807) is 18.2 Å². The molecular weight excluding hydrogens is 363 g/mol. The number of nitrogens with one attached hydrogen (secondary N) is 1. The molecule has 0 unspecified atom stereocenters. The van der Waals surface area contributed by atoms with Gasteiger partial charge in [0.05, 0.1) is 17.3 Å². The lowest BCUT2D eigenvalue weighted by Crippen LogP contribution is -2.24. The highest BCUT2D eigenvalue weighted by molar-refractivity contribution is 6.35. The first kappa shape index (κ1) is 19.1. The van der Waals surface area contributed by atoms with E-state index in [0.717, 1.165) is 5.56 Å². The summed E-state index contributed by atoms with van der Waals surface area (Å²) in [5, 5.41) is 4.75. The van der Waals surface area contributed by atoms with Crippen molar-refractivity contribution in [2.45, 2.75) is 20.0 Å². The zero-order valence-corrected chi connectivity index (χ0v) is 15.3. The first-order valence-corrected chi connectivity index (χ1v) is 8.36. The molecule has 1 amide bonds. The number of para-hydroxylation sites is 1. The van der Waals surface area contributed by atoms with Gasteiger partial charge in [-0.15, -0.1) is 0 Å². The van der Waals surface area contributed by atoms with Crippen LogP contribution in [0.15, 0.2) is 47.6 Å². The van der Waals surface area contributed by atoms with Crippen molar-refractivity contribution in [3.8, 4) is 11.5 Å². The van der Waals surface area contributed by atoms with Crippen molar-refractivity contribution in [1.82, 2.24) is 5.43 Å². The van der Waals surface area contributed by atoms with Crippen LogP contribution in [0.2, 0.25) is 10.0 Å². The van der Waals surface area contributed by atoms with E-state index in [2.05, 4.69) is 10.5 Å². The number of nitrogens with zero attached hydrogens (tertiary/aromatic N) is 1. The molecule has 7 heteroatoms. The van der Waals surface area contributed by atoms with Crippen molar-refractivity contribution < 1.29 is 14.3 Å². The fourth-order valence-electron chi connectivity index (χ4n) is 1.89. The molecular formula is C18H18Cl2N2O3. The summed E-state index contributed by atoms with van der Waals surface area (Å²) in [5.74, 6) is 0.657. The number of carbonyl (C=O) groups excluding carboxylic acids is 1. The topological polar surface area (TPSA) is 59.9 Å². The normalized spacial score (nSPS) is 10.9. The summed E-state index contributed by atoms with van der Waals surface area (Å²) in [6.45, 7) is 3.66. The largest absolute Gasteiger partial charge is 0.490 e. The Hall–Kier alpha value is -2.24. The van der Waals surface area contributed by atoms with Gasteiger partial charge in [0, 0.05) is 10.6 Å². The monoisotopic (exact) mass is 380 g/mol. The first-order valence-electron chi connectivity index (χ1n) is 7.61. The van der Waals surface area contributed by atoms with Crippen molar-refractivity contribution in [3.05, 3.63) is 58.1 Å². The third-order valence-electron chi connectivity index (χ3n) is 2.93. The summed E-state index contributed by atoms with van der Waals surface area (Å²) < 4.78 is 11.0. The van der Waals surface area contributed by atoms with Gasteiger partial charge in [-0.1, -0.05) is 35.3 Å². The first-order chi connectivity index (χ1) is 12.0. The van der Waals surface area contributed by atoms with Crippen LogP contribution in [0.4, 0.5) is 0 Å². The third kappa shape index (κ3) is 6.29. The Kier molecular flexibility index (Phi) is 7.10. The smallest absolute Gasteiger partial charge is 0.277 e. The Morgan fingerprint density at radius 2 is 1.96 bits per heavy atom. The zero-order chi connectivity index (χ0) is 18.2. The van der Waals surface area contributed by atoms with E-state index in [4.69, 9.17) is 32.7 Å². The van der Waals surface area contributed by atoms with Gasteiger partial charge >= 0.3 is 0 Å². The number of halogens is 2. The van der Waals surface area contributed by atoms with Gasteiger partial charge in [0.2, 0.25) is 0 Å². The average Bonchev–Trinajstić information content (AvgIpc) is 2.55. The lowest BCUT2D eigenvalue weighted by atomic mass is 10.2. The van der Waals surface area contributed by atoms with Gasteiger partial charge in [-0.05, 0) is 44.2 Å². The number of hydrogen-bond acceptors (Lipinski definition) is 4. The molecule has 2 aromatic carbocycles. The summed E-state index contributed by atoms with van der Waals surface area (Å²) in [7, 11) is 0. The number of ether oxygens (including phenoxy) is 2. The Bertz CT molecular complexity index is 764. The number of amides is 1. The zero-order valence-electron chi connectivity index (χ0n) is 13.8. The Morgan fingerprint density at radius 3 is 2.68 bits per heavy atom. The molecule has 0 aliphatic carbocycles. The molecule has 5 nitrogen and oxygen atoms in total. The maximum Gasteiger partial charge on any atom is 0.277 e. The van der Waals surface area contributed by atoms with E-state index in [1.165, 1.54) is 6.21 Å². The van der Waals surface area contributed by atoms with Crippen LogP contribution in [0.1, 0.15) is 19.4 Å². The fourth-order valence-corrected chi connectivity index (χ4v) is 2.35. The molecule has 0 saturated carbocycles. The summed E-state index contributed by atoms with van der Waals surface area (Å²) in [6, 6.07) is 12.2. The molecule has 132 valence electrons. The fraction of sp³-hybridized carbons (Fsp3) is 0.222. The highest BCUT2D eigenvalue weighted by Gasteiger charge is 2.06. The third-order valence-corrected chi connectivity index (χ3v) is 3.46. The second-order valence-corrected chi connectivity index (χ2v) is 6.20. The van der Waals surface area contributed by atoms with Crippen LogP contribution in [0.5, 0.6) is 11.5 Å². The van der Waals surface area contributed by atoms with E-state index in [-0.39, 0.29) is 12.7 Å². The molecule has 0 spiro atoms. The lowest BCUT2D eigenvalue weighted by molar-refractivity contribution is -0.123. The predicted molar refractivity (Wildman–Crippen MR) is 99.9 cm³/mol. The molecule has 0 bridgehead atoms. The van der Waals surface area contributed by atoms with E-state index in [1.807, 2.05) is 38.1 Å². The van der Waals surface area contributed by atoms with Gasteiger partial charge in [0.15, 0.2) is 6.61 Å². The van der Waals surface area contributed by atoms with Gasteiger partial charge in [-0.25, -0.2) is 5.43 Å². The van der Waals surface area contributed by atoms with Gasteiger partial charge in [0.1, 0.15) is 11.5 Å². The van der Waals surface area contributed by atoms with E-state index in [0.29, 0.717) is 21.5 Å². The highest BCUT2D eigenvalue weighted by Crippen LogP contribution is 2.27. The SMILES string of the molecule is CC(C)Oc1ccccc1/C=N/NC(=O)COc1ccc(Cl)cc1Cl. The van der Waals surface area contributed by atoms with Crippen molar-refractivity contribution in [1.29, 1.82) is 0 Å². The predicted octanol–water partition coefficient (Wildman–Crippen LogP) is 4.31. The number of benzene rings is 2. The molecule has 0 atom stereocenters. The summed E-state index contributed by atoms with van der Waals surface area (Å²) in [4.78, 5) is 11.8. The molecule has 0 aliphatic heterocycles. The number of hydrazone groups is 1. The molecule has 2 rings (SSSR count). The van der Waals surface area contributed by atoms with Crippen LogP contribution in [0.3, 0.4) is 0 Å². The van der Waals surface area contributed by atoms with Crippen molar-refractivity contribution in [2.75, 3.05) is 6.61 Å². The highest BCUT2D eigenvalue weighted by atomic mass is 35.5. The molecule has 2 aromatic rings. The van der Waals surface area contributed by atoms with Crippen molar-refractivity contribution in [2.24, 2.45) is 5.10 Å². The minimum absolute atomic E-state index is 0.0432. The molecule has 0 radical (unpaired) electrons. The maximum absolute atomic E-state index is 11.8. The minimum Gasteiger partial charge on any atom is -0.490 e. The Morgan fingerprint density at radius 1 is 1.20 bits per heavy atom. The van der Waals surface area contributed by atoms with Crippen molar-refractivity contribution >= 4 is 35.3 Å². The number of hydrogen-bond donors (Lipinski definition) is 1. The summed E-state index contributed by atoms with van der Waals surface area (Å²) in [5.41, 5.74) is 3.16. The average molecular weight is 381 g/mol. The molecule has 1 N–H and O–H groups in total. The van der Waals surface area contributed by atoms with Crippen LogP contribution >= 0.6 is 23.2 Å². The number of carbonyl (C=O) groups is 1. The summed E-state index contributed by atoms with van der Waals surface area (Å²) in [6.07, 6.45) is 1.56. The molecule has 0 heterocycles. The van der Waals surface area contributed by atoms with Crippen molar-refractivity contribution in [3.63, 3.8) is 0 Å². The van der Waals surface area contributed by atoms with E-state index < -0.39 is 5.91 Å². The Labute approximate surface area is 156 Å². The molecule has 0 saturated heterocycles. The maximum atomic E-state index is 11.8. The van der Waals surface area contributed by atoms with Crippen LogP contribution < -0.4 is 14.9 Å². The van der Waals surface area contributed by atoms with Crippen LogP contribution in [0.25, 0.3) is 0 Å². The van der Waals surface area contributed by atoms with Crippen LogP contribution in [-0.2, 0) is 4.79 Å². The second-order valence-electron chi connectivity index (χ2n) is 5.36. The molecule has 25 heavy (non-hydrogen) atoms. The summed E-state index contributed by atoms with van der Waals surface area (Å²) >= 11 is 11.8. The number of rotatable bonds is 7. The van der Waals surface area contributed by atoms with E-state index in [9.17, 15) is 4.79 Å². The van der Waals surface area contributed by atoms with Gasteiger partial charge in [0.25, 0.3) is 5.91 Å². The minimum atomic E-state index is -0.412.